The Labute approximate surface area is 88.9 Å². The van der Waals surface area contributed by atoms with Crippen LogP contribution in [0.4, 0.5) is 0 Å². The summed E-state index contributed by atoms with van der Waals surface area (Å²) in [6.07, 6.45) is 0. The minimum Gasteiger partial charge on any atom is -0.482 e. The van der Waals surface area contributed by atoms with E-state index < -0.39 is 12.6 Å². The molecule has 0 fully saturated rings. The number of halogens is 1. The Morgan fingerprint density at radius 2 is 2.36 bits per heavy atom. The fourth-order valence-electron chi connectivity index (χ4n) is 0.821. The molecule has 0 saturated heterocycles. The Balaban J connectivity index is 2.77. The van der Waals surface area contributed by atoms with Crippen LogP contribution in [-0.2, 0) is 4.79 Å². The maximum Gasteiger partial charge on any atom is 0.341 e. The Hall–Kier alpha value is -1.54. The van der Waals surface area contributed by atoms with Gasteiger partial charge in [-0.3, -0.25) is 0 Å². The van der Waals surface area contributed by atoms with Crippen molar-refractivity contribution in [1.82, 2.24) is 0 Å². The summed E-state index contributed by atoms with van der Waals surface area (Å²) in [6.45, 7) is -0.391. The highest BCUT2D eigenvalue weighted by Crippen LogP contribution is 2.22. The van der Waals surface area contributed by atoms with Gasteiger partial charge in [-0.2, -0.15) is 5.26 Å². The summed E-state index contributed by atoms with van der Waals surface area (Å²) in [5, 5.41) is 17.0. The molecule has 1 rings (SSSR count). The number of carbonyl (C=O) groups is 1. The van der Waals surface area contributed by atoms with Crippen molar-refractivity contribution in [3.8, 4) is 11.8 Å². The number of carboxylic acids is 1. The van der Waals surface area contributed by atoms with Gasteiger partial charge in [-0.1, -0.05) is 0 Å². The van der Waals surface area contributed by atoms with E-state index in [1.807, 2.05) is 6.07 Å². The topological polar surface area (TPSA) is 70.3 Å². The van der Waals surface area contributed by atoms with Crippen LogP contribution in [0.3, 0.4) is 0 Å². The molecule has 0 amide bonds. The highest BCUT2D eigenvalue weighted by Gasteiger charge is 2.03. The second kappa shape index (κ2) is 4.63. The molecule has 1 aromatic carbocycles. The molecule has 4 nitrogen and oxygen atoms in total. The molecule has 14 heavy (non-hydrogen) atoms. The number of benzene rings is 1. The predicted molar refractivity (Wildman–Crippen MR) is 52.0 cm³/mol. The van der Waals surface area contributed by atoms with Crippen LogP contribution in [-0.4, -0.2) is 17.7 Å². The summed E-state index contributed by atoms with van der Waals surface area (Å²) >= 11 is 3.16. The number of nitrogens with zero attached hydrogens (tertiary/aromatic N) is 1. The zero-order chi connectivity index (χ0) is 10.6. The first kappa shape index (κ1) is 10.5. The van der Waals surface area contributed by atoms with Crippen LogP contribution in [0, 0.1) is 11.3 Å². The van der Waals surface area contributed by atoms with Crippen LogP contribution >= 0.6 is 15.9 Å². The Morgan fingerprint density at radius 1 is 1.64 bits per heavy atom. The average Bonchev–Trinajstić information content (AvgIpc) is 2.15. The first-order chi connectivity index (χ1) is 6.63. The molecule has 72 valence electrons. The summed E-state index contributed by atoms with van der Waals surface area (Å²) in [5.74, 6) is -0.622. The molecule has 0 saturated carbocycles. The van der Waals surface area contributed by atoms with Gasteiger partial charge in [0.05, 0.1) is 5.56 Å². The van der Waals surface area contributed by atoms with E-state index in [2.05, 4.69) is 15.9 Å². The molecule has 0 atom stereocenters. The van der Waals surface area contributed by atoms with Gasteiger partial charge in [-0.05, 0) is 34.1 Å². The van der Waals surface area contributed by atoms with Crippen LogP contribution in [0.5, 0.6) is 5.75 Å². The Bertz CT molecular complexity index is 398. The van der Waals surface area contributed by atoms with Crippen LogP contribution in [0.2, 0.25) is 0 Å². The van der Waals surface area contributed by atoms with Crippen molar-refractivity contribution in [2.45, 2.75) is 0 Å². The summed E-state index contributed by atoms with van der Waals surface area (Å²) < 4.78 is 5.49. The first-order valence-corrected chi connectivity index (χ1v) is 4.47. The maximum absolute atomic E-state index is 10.2. The van der Waals surface area contributed by atoms with Gasteiger partial charge >= 0.3 is 5.97 Å². The number of carboxylic acid groups (broad SMARTS) is 1. The number of hydrogen-bond acceptors (Lipinski definition) is 3. The first-order valence-electron chi connectivity index (χ1n) is 3.67. The van der Waals surface area contributed by atoms with Crippen molar-refractivity contribution in [2.24, 2.45) is 0 Å². The van der Waals surface area contributed by atoms with E-state index in [-0.39, 0.29) is 0 Å². The lowest BCUT2D eigenvalue weighted by atomic mass is 10.2. The third kappa shape index (κ3) is 2.75. The van der Waals surface area contributed by atoms with Crippen molar-refractivity contribution in [2.75, 3.05) is 6.61 Å². The molecule has 1 aromatic rings. The monoisotopic (exact) mass is 255 g/mol. The smallest absolute Gasteiger partial charge is 0.341 e. The van der Waals surface area contributed by atoms with Crippen molar-refractivity contribution in [3.05, 3.63) is 28.2 Å². The molecule has 0 radical (unpaired) electrons. The van der Waals surface area contributed by atoms with Crippen LogP contribution in [0.1, 0.15) is 5.56 Å². The van der Waals surface area contributed by atoms with E-state index in [1.165, 1.54) is 0 Å². The zero-order valence-corrected chi connectivity index (χ0v) is 8.61. The van der Waals surface area contributed by atoms with Gasteiger partial charge in [0.1, 0.15) is 11.8 Å². The SMILES string of the molecule is N#Cc1ccc(OCC(=O)O)cc1Br. The minimum absolute atomic E-state index is 0.391. The highest BCUT2D eigenvalue weighted by atomic mass is 79.9. The molecule has 0 unspecified atom stereocenters. The fourth-order valence-corrected chi connectivity index (χ4v) is 1.27. The van der Waals surface area contributed by atoms with E-state index >= 15 is 0 Å². The van der Waals surface area contributed by atoms with Gasteiger partial charge < -0.3 is 9.84 Å². The van der Waals surface area contributed by atoms with E-state index in [0.717, 1.165) is 0 Å². The lowest BCUT2D eigenvalue weighted by Crippen LogP contribution is -2.09. The third-order valence-electron chi connectivity index (χ3n) is 1.42. The van der Waals surface area contributed by atoms with Crippen molar-refractivity contribution in [3.63, 3.8) is 0 Å². The van der Waals surface area contributed by atoms with Gasteiger partial charge in [-0.25, -0.2) is 4.79 Å². The zero-order valence-electron chi connectivity index (χ0n) is 7.03. The van der Waals surface area contributed by atoms with Gasteiger partial charge in [0.2, 0.25) is 0 Å². The lowest BCUT2D eigenvalue weighted by molar-refractivity contribution is -0.139. The number of ether oxygens (including phenoxy) is 1. The van der Waals surface area contributed by atoms with E-state index in [4.69, 9.17) is 15.1 Å². The largest absolute Gasteiger partial charge is 0.482 e. The second-order valence-electron chi connectivity index (χ2n) is 2.44. The molecule has 0 aliphatic heterocycles. The molecule has 0 aliphatic rings. The fraction of sp³-hybridized carbons (Fsp3) is 0.111. The number of hydrogen-bond donors (Lipinski definition) is 1. The number of nitriles is 1. The van der Waals surface area contributed by atoms with Crippen LogP contribution in [0.25, 0.3) is 0 Å². The predicted octanol–water partition coefficient (Wildman–Crippen LogP) is 1.78. The molecule has 1 N–H and O–H groups in total. The molecule has 0 aliphatic carbocycles. The second-order valence-corrected chi connectivity index (χ2v) is 3.29. The lowest BCUT2D eigenvalue weighted by Gasteiger charge is -2.03. The van der Waals surface area contributed by atoms with Crippen molar-refractivity contribution in [1.29, 1.82) is 5.26 Å². The van der Waals surface area contributed by atoms with E-state index in [0.29, 0.717) is 15.8 Å². The van der Waals surface area contributed by atoms with Gasteiger partial charge in [0.25, 0.3) is 0 Å². The molecular weight excluding hydrogens is 250 g/mol. The van der Waals surface area contributed by atoms with E-state index in [1.54, 1.807) is 18.2 Å². The standard InChI is InChI=1S/C9H6BrNO3/c10-8-3-7(14-5-9(12)13)2-1-6(8)4-11/h1-3H,5H2,(H,12,13). The van der Waals surface area contributed by atoms with Crippen LogP contribution < -0.4 is 4.74 Å². The molecular formula is C9H6BrNO3. The highest BCUT2D eigenvalue weighted by molar-refractivity contribution is 9.10. The van der Waals surface area contributed by atoms with Crippen LogP contribution in [0.15, 0.2) is 22.7 Å². The van der Waals surface area contributed by atoms with Gasteiger partial charge in [-0.15, -0.1) is 0 Å². The summed E-state index contributed by atoms with van der Waals surface area (Å²) in [7, 11) is 0. The van der Waals surface area contributed by atoms with Gasteiger partial charge in [0.15, 0.2) is 6.61 Å². The molecule has 5 heteroatoms. The molecule has 0 aromatic heterocycles. The van der Waals surface area contributed by atoms with Crippen molar-refractivity contribution >= 4 is 21.9 Å². The summed E-state index contributed by atoms with van der Waals surface area (Å²) in [6, 6.07) is 6.63. The van der Waals surface area contributed by atoms with Gasteiger partial charge in [0, 0.05) is 4.47 Å². The summed E-state index contributed by atoms with van der Waals surface area (Å²) in [5.41, 5.74) is 0.479. The Kier molecular flexibility index (Phi) is 3.48. The number of aliphatic carboxylic acids is 1. The quantitative estimate of drug-likeness (QED) is 0.894. The molecule has 0 heterocycles. The minimum atomic E-state index is -1.04. The summed E-state index contributed by atoms with van der Waals surface area (Å²) in [4.78, 5) is 10.2. The van der Waals surface area contributed by atoms with E-state index in [9.17, 15) is 4.79 Å². The third-order valence-corrected chi connectivity index (χ3v) is 2.08. The Morgan fingerprint density at radius 3 is 2.86 bits per heavy atom. The molecule has 0 bridgehead atoms. The maximum atomic E-state index is 10.2. The molecule has 0 spiro atoms. The normalized spacial score (nSPS) is 9.14. The van der Waals surface area contributed by atoms with Crippen molar-refractivity contribution < 1.29 is 14.6 Å². The average molecular weight is 256 g/mol. The number of rotatable bonds is 3.